The predicted molar refractivity (Wildman–Crippen MR) is 98.3 cm³/mol. The summed E-state index contributed by atoms with van der Waals surface area (Å²) in [5.74, 6) is 1.61. The molecule has 25 heavy (non-hydrogen) atoms. The van der Waals surface area contributed by atoms with E-state index in [4.69, 9.17) is 9.47 Å². The van der Waals surface area contributed by atoms with Crippen molar-refractivity contribution in [3.05, 3.63) is 48.5 Å². The smallest absolute Gasteiger partial charge is 0.872 e. The first-order valence-corrected chi connectivity index (χ1v) is 8.45. The summed E-state index contributed by atoms with van der Waals surface area (Å²) in [5.41, 5.74) is 0. The molecule has 5 heteroatoms. The second-order valence-electron chi connectivity index (χ2n) is 5.35. The third-order valence-electron chi connectivity index (χ3n) is 3.18. The Balaban J connectivity index is 0.000000443. The summed E-state index contributed by atoms with van der Waals surface area (Å²) in [7, 11) is 0. The van der Waals surface area contributed by atoms with Gasteiger partial charge in [0.05, 0.1) is 13.2 Å². The molecule has 0 aliphatic heterocycles. The number of hydrogen-bond acceptors (Lipinski definition) is 4. The molecule has 2 aromatic carbocycles. The molecule has 0 unspecified atom stereocenters. The van der Waals surface area contributed by atoms with Crippen molar-refractivity contribution >= 4 is 37.7 Å². The summed E-state index contributed by atoms with van der Waals surface area (Å²) >= 11 is 0. The van der Waals surface area contributed by atoms with Gasteiger partial charge < -0.3 is 19.7 Å². The quantitative estimate of drug-likeness (QED) is 0.527. The van der Waals surface area contributed by atoms with Gasteiger partial charge in [0.2, 0.25) is 0 Å². The van der Waals surface area contributed by atoms with E-state index in [1.165, 1.54) is 24.3 Å². The van der Waals surface area contributed by atoms with E-state index in [0.717, 1.165) is 50.4 Å². The van der Waals surface area contributed by atoms with Gasteiger partial charge in [0.1, 0.15) is 11.5 Å². The van der Waals surface area contributed by atoms with Gasteiger partial charge in [-0.1, -0.05) is 51.0 Å². The van der Waals surface area contributed by atoms with E-state index in [0.29, 0.717) is 0 Å². The largest absolute Gasteiger partial charge is 2.00 e. The molecule has 0 amide bonds. The van der Waals surface area contributed by atoms with Crippen molar-refractivity contribution < 1.29 is 19.7 Å². The number of unbranched alkanes of at least 4 members (excludes halogenated alkanes) is 2. The fourth-order valence-electron chi connectivity index (χ4n) is 1.74. The van der Waals surface area contributed by atoms with Crippen molar-refractivity contribution in [1.82, 2.24) is 0 Å². The van der Waals surface area contributed by atoms with Crippen molar-refractivity contribution in [3.8, 4) is 23.0 Å². The van der Waals surface area contributed by atoms with Gasteiger partial charge in [0.15, 0.2) is 0 Å². The molecule has 2 aromatic rings. The summed E-state index contributed by atoms with van der Waals surface area (Å²) in [6.07, 6.45) is 4.36. The second-order valence-corrected chi connectivity index (χ2v) is 5.35. The van der Waals surface area contributed by atoms with E-state index >= 15 is 0 Å². The summed E-state index contributed by atoms with van der Waals surface area (Å²) in [4.78, 5) is 0. The Bertz CT molecular complexity index is 489. The zero-order valence-electron chi connectivity index (χ0n) is 15.2. The molecule has 0 atom stereocenters. The van der Waals surface area contributed by atoms with E-state index < -0.39 is 0 Å². The molecule has 0 bridgehead atoms. The van der Waals surface area contributed by atoms with E-state index in [1.807, 2.05) is 0 Å². The van der Waals surface area contributed by atoms with Crippen LogP contribution in [0.5, 0.6) is 23.0 Å². The predicted octanol–water partition coefficient (Wildman–Crippen LogP) is 3.50. The topological polar surface area (TPSA) is 64.6 Å². The van der Waals surface area contributed by atoms with Crippen molar-refractivity contribution in [2.75, 3.05) is 13.2 Å². The van der Waals surface area contributed by atoms with Crippen molar-refractivity contribution in [2.24, 2.45) is 0 Å². The van der Waals surface area contributed by atoms with Gasteiger partial charge in [-0.25, -0.2) is 0 Å². The summed E-state index contributed by atoms with van der Waals surface area (Å²) in [5, 5.41) is 21.4. The van der Waals surface area contributed by atoms with E-state index in [9.17, 15) is 10.2 Å². The normalized spacial score (nSPS) is 9.36. The molecule has 0 saturated carbocycles. The molecule has 0 radical (unpaired) electrons. The zero-order chi connectivity index (χ0) is 17.6. The summed E-state index contributed by atoms with van der Waals surface area (Å²) in [6, 6.07) is 12.9. The van der Waals surface area contributed by atoms with Crippen LogP contribution in [-0.4, -0.2) is 51.0 Å². The van der Waals surface area contributed by atoms with Gasteiger partial charge in [-0.3, -0.25) is 0 Å². The molecule has 0 fully saturated rings. The molecule has 0 aliphatic rings. The maximum atomic E-state index is 10.7. The van der Waals surface area contributed by atoms with Crippen molar-refractivity contribution in [3.63, 3.8) is 0 Å². The average molecular weight is 371 g/mol. The van der Waals surface area contributed by atoms with E-state index in [-0.39, 0.29) is 49.2 Å². The Morgan fingerprint density at radius 1 is 0.640 bits per heavy atom. The first-order valence-electron chi connectivity index (χ1n) is 8.45. The number of benzene rings is 2. The van der Waals surface area contributed by atoms with Gasteiger partial charge in [0, 0.05) is 0 Å². The number of ether oxygens (including phenoxy) is 2. The Morgan fingerprint density at radius 2 is 0.960 bits per heavy atom. The Labute approximate surface area is 180 Å². The number of hydrogen-bond donors (Lipinski definition) is 0. The summed E-state index contributed by atoms with van der Waals surface area (Å²) < 4.78 is 10.7. The number of rotatable bonds is 8. The van der Waals surface area contributed by atoms with Crippen LogP contribution in [0.2, 0.25) is 0 Å². The standard InChI is InChI=1S/2C10H14O2.Ca/c2*1-2-3-8-12-10-6-4-9(11)5-7-10;/h2*4-7,11H,2-3,8H2,1H3;/q;;+2/p-2. The molecule has 132 valence electrons. The minimum absolute atomic E-state index is 0. The fourth-order valence-corrected chi connectivity index (χ4v) is 1.74. The molecule has 0 N–H and O–H groups in total. The SMILES string of the molecule is CCCCOc1ccc([O-])cc1.CCCCOc1ccc([O-])cc1.[Ca+2]. The first-order chi connectivity index (χ1) is 11.7. The molecular formula is C20H26CaO4. The monoisotopic (exact) mass is 370 g/mol. The third kappa shape index (κ3) is 12.0. The molecule has 0 heterocycles. The van der Waals surface area contributed by atoms with Crippen LogP contribution in [-0.2, 0) is 0 Å². The van der Waals surface area contributed by atoms with Gasteiger partial charge in [-0.15, -0.1) is 11.5 Å². The first kappa shape index (κ1) is 23.9. The van der Waals surface area contributed by atoms with Crippen LogP contribution in [0.1, 0.15) is 39.5 Å². The maximum Gasteiger partial charge on any atom is 2.00 e. The third-order valence-corrected chi connectivity index (χ3v) is 3.18. The fraction of sp³-hybridized carbons (Fsp3) is 0.400. The van der Waals surface area contributed by atoms with Gasteiger partial charge in [0.25, 0.3) is 0 Å². The Kier molecular flexibility index (Phi) is 14.5. The van der Waals surface area contributed by atoms with Gasteiger partial charge in [-0.05, 0) is 37.1 Å². The minimum Gasteiger partial charge on any atom is -0.872 e. The molecule has 2 rings (SSSR count). The molecule has 4 nitrogen and oxygen atoms in total. The van der Waals surface area contributed by atoms with Crippen LogP contribution < -0.4 is 19.7 Å². The molecular weight excluding hydrogens is 344 g/mol. The van der Waals surface area contributed by atoms with Crippen LogP contribution in [0, 0.1) is 0 Å². The van der Waals surface area contributed by atoms with Crippen LogP contribution >= 0.6 is 0 Å². The molecule has 0 saturated heterocycles. The van der Waals surface area contributed by atoms with Crippen LogP contribution in [0.3, 0.4) is 0 Å². The van der Waals surface area contributed by atoms with Gasteiger partial charge in [-0.2, -0.15) is 0 Å². The Hall–Kier alpha value is -1.10. The van der Waals surface area contributed by atoms with Gasteiger partial charge >= 0.3 is 37.7 Å². The molecule has 0 spiro atoms. The maximum absolute atomic E-state index is 10.7. The second kappa shape index (κ2) is 15.2. The van der Waals surface area contributed by atoms with Crippen LogP contribution in [0.25, 0.3) is 0 Å². The minimum atomic E-state index is 0. The summed E-state index contributed by atoms with van der Waals surface area (Å²) in [6.45, 7) is 5.69. The van der Waals surface area contributed by atoms with Crippen molar-refractivity contribution in [1.29, 1.82) is 0 Å². The Morgan fingerprint density at radius 3 is 1.24 bits per heavy atom. The van der Waals surface area contributed by atoms with E-state index in [2.05, 4.69) is 13.8 Å². The molecule has 0 aliphatic carbocycles. The average Bonchev–Trinajstić information content (AvgIpc) is 2.59. The van der Waals surface area contributed by atoms with E-state index in [1.54, 1.807) is 24.3 Å². The van der Waals surface area contributed by atoms with Crippen molar-refractivity contribution in [2.45, 2.75) is 39.5 Å². The zero-order valence-corrected chi connectivity index (χ0v) is 17.4. The molecule has 0 aromatic heterocycles. The van der Waals surface area contributed by atoms with Crippen LogP contribution in [0.4, 0.5) is 0 Å². The van der Waals surface area contributed by atoms with Crippen LogP contribution in [0.15, 0.2) is 48.5 Å².